The number of hydrogen-bond donors (Lipinski definition) is 1. The molecule has 0 spiro atoms. The quantitative estimate of drug-likeness (QED) is 0.872. The van der Waals surface area contributed by atoms with Gasteiger partial charge in [-0.05, 0) is 13.3 Å². The smallest absolute Gasteiger partial charge is 0.326 e. The van der Waals surface area contributed by atoms with E-state index in [1.54, 1.807) is 16.8 Å². The van der Waals surface area contributed by atoms with E-state index in [9.17, 15) is 9.59 Å². The van der Waals surface area contributed by atoms with Crippen LogP contribution in [0.25, 0.3) is 0 Å². The molecule has 6 heteroatoms. The van der Waals surface area contributed by atoms with Crippen molar-refractivity contribution >= 4 is 23.2 Å². The number of aliphatic carboxylic acids is 1. The van der Waals surface area contributed by atoms with Gasteiger partial charge in [0, 0.05) is 24.3 Å². The van der Waals surface area contributed by atoms with Crippen molar-refractivity contribution in [1.82, 2.24) is 9.88 Å². The Bertz CT molecular complexity index is 444. The minimum Gasteiger partial charge on any atom is -0.480 e. The fourth-order valence-electron chi connectivity index (χ4n) is 2.06. The Kier molecular flexibility index (Phi) is 3.42. The molecule has 0 saturated carbocycles. The van der Waals surface area contributed by atoms with Crippen molar-refractivity contribution in [2.75, 3.05) is 6.54 Å². The summed E-state index contributed by atoms with van der Waals surface area (Å²) in [7, 11) is 0. The summed E-state index contributed by atoms with van der Waals surface area (Å²) in [6.07, 6.45) is 1.46. The topological polar surface area (TPSA) is 70.5 Å². The molecular weight excluding hydrogens is 240 g/mol. The summed E-state index contributed by atoms with van der Waals surface area (Å²) in [6.45, 7) is 2.39. The molecular formula is C11H14N2O3S. The maximum atomic E-state index is 11.6. The van der Waals surface area contributed by atoms with Crippen LogP contribution in [0, 0.1) is 6.92 Å². The Morgan fingerprint density at radius 3 is 3.06 bits per heavy atom. The number of likely N-dealkylation sites (tertiary alicyclic amines) is 1. The van der Waals surface area contributed by atoms with Crippen LogP contribution >= 0.6 is 11.3 Å². The van der Waals surface area contributed by atoms with Gasteiger partial charge in [0.05, 0.1) is 11.2 Å². The van der Waals surface area contributed by atoms with Gasteiger partial charge >= 0.3 is 5.97 Å². The average molecular weight is 254 g/mol. The van der Waals surface area contributed by atoms with Crippen LogP contribution in [0.4, 0.5) is 0 Å². The highest BCUT2D eigenvalue weighted by molar-refractivity contribution is 7.09. The third kappa shape index (κ3) is 2.46. The Hall–Kier alpha value is -1.43. The first-order valence-corrected chi connectivity index (χ1v) is 6.39. The number of carboxylic acids is 1. The minimum absolute atomic E-state index is 0.0560. The molecule has 1 aliphatic heterocycles. The molecule has 1 unspecified atom stereocenters. The Labute approximate surface area is 103 Å². The molecule has 1 atom stereocenters. The molecule has 5 nitrogen and oxygen atoms in total. The highest BCUT2D eigenvalue weighted by Crippen LogP contribution is 2.21. The summed E-state index contributed by atoms with van der Waals surface area (Å²) in [5, 5.41) is 9.01. The maximum absolute atomic E-state index is 11.6. The molecule has 1 N–H and O–H groups in total. The van der Waals surface area contributed by atoms with Gasteiger partial charge in [-0.25, -0.2) is 9.78 Å². The monoisotopic (exact) mass is 254 g/mol. The molecule has 2 heterocycles. The first kappa shape index (κ1) is 12.0. The van der Waals surface area contributed by atoms with Crippen LogP contribution in [0.15, 0.2) is 5.51 Å². The first-order chi connectivity index (χ1) is 8.09. The van der Waals surface area contributed by atoms with E-state index < -0.39 is 12.0 Å². The van der Waals surface area contributed by atoms with E-state index in [4.69, 9.17) is 5.11 Å². The molecule has 1 fully saturated rings. The normalized spacial score (nSPS) is 19.9. The van der Waals surface area contributed by atoms with Crippen LogP contribution in [0.5, 0.6) is 0 Å². The van der Waals surface area contributed by atoms with E-state index >= 15 is 0 Å². The number of rotatable bonds is 4. The summed E-state index contributed by atoms with van der Waals surface area (Å²) < 4.78 is 0. The van der Waals surface area contributed by atoms with E-state index in [2.05, 4.69) is 4.98 Å². The van der Waals surface area contributed by atoms with Crippen molar-refractivity contribution in [3.63, 3.8) is 0 Å². The van der Waals surface area contributed by atoms with E-state index in [1.165, 1.54) is 4.90 Å². The largest absolute Gasteiger partial charge is 0.480 e. The lowest BCUT2D eigenvalue weighted by atomic mass is 10.2. The van der Waals surface area contributed by atoms with Crippen LogP contribution in [0.2, 0.25) is 0 Å². The zero-order valence-electron chi connectivity index (χ0n) is 9.55. The second-order valence-electron chi connectivity index (χ2n) is 4.09. The van der Waals surface area contributed by atoms with Gasteiger partial charge in [-0.3, -0.25) is 4.79 Å². The number of hydrogen-bond acceptors (Lipinski definition) is 4. The summed E-state index contributed by atoms with van der Waals surface area (Å²) in [4.78, 5) is 29.3. The van der Waals surface area contributed by atoms with Crippen molar-refractivity contribution in [2.45, 2.75) is 32.2 Å². The molecule has 1 aromatic rings. The van der Waals surface area contributed by atoms with Crippen molar-refractivity contribution in [1.29, 1.82) is 0 Å². The van der Waals surface area contributed by atoms with Crippen molar-refractivity contribution in [2.24, 2.45) is 0 Å². The van der Waals surface area contributed by atoms with E-state index in [1.807, 2.05) is 6.92 Å². The maximum Gasteiger partial charge on any atom is 0.326 e. The van der Waals surface area contributed by atoms with Gasteiger partial charge in [0.25, 0.3) is 0 Å². The van der Waals surface area contributed by atoms with Gasteiger partial charge in [0.1, 0.15) is 6.04 Å². The van der Waals surface area contributed by atoms with Gasteiger partial charge in [-0.1, -0.05) is 0 Å². The minimum atomic E-state index is -0.906. The fourth-order valence-corrected chi connectivity index (χ4v) is 2.83. The van der Waals surface area contributed by atoms with Crippen molar-refractivity contribution in [3.05, 3.63) is 16.1 Å². The lowest BCUT2D eigenvalue weighted by Crippen LogP contribution is -2.39. The Morgan fingerprint density at radius 2 is 2.47 bits per heavy atom. The number of carbonyl (C=O) groups excluding carboxylic acids is 1. The summed E-state index contributed by atoms with van der Waals surface area (Å²) in [6, 6.07) is -0.643. The van der Waals surface area contributed by atoms with Crippen molar-refractivity contribution in [3.8, 4) is 0 Å². The standard InChI is InChI=1S/C11H14N2O3S/c1-7-9(17-6-12-7)4-5-13-8(11(15)16)2-3-10(13)14/h6,8H,2-5H2,1H3,(H,15,16). The fraction of sp³-hybridized carbons (Fsp3) is 0.545. The third-order valence-corrected chi connectivity index (χ3v) is 4.03. The van der Waals surface area contributed by atoms with Crippen LogP contribution in [-0.4, -0.2) is 39.5 Å². The van der Waals surface area contributed by atoms with Crippen LogP contribution in [-0.2, 0) is 16.0 Å². The van der Waals surface area contributed by atoms with E-state index in [0.717, 1.165) is 10.6 Å². The molecule has 0 aliphatic carbocycles. The number of carboxylic acid groups (broad SMARTS) is 1. The van der Waals surface area contributed by atoms with Gasteiger partial charge in [0.15, 0.2) is 0 Å². The lowest BCUT2D eigenvalue weighted by molar-refractivity contribution is -0.146. The molecule has 0 radical (unpaired) electrons. The predicted octanol–water partition coefficient (Wildman–Crippen LogP) is 1.07. The molecule has 1 saturated heterocycles. The van der Waals surface area contributed by atoms with Gasteiger partial charge in [0.2, 0.25) is 5.91 Å². The van der Waals surface area contributed by atoms with E-state index in [0.29, 0.717) is 25.8 Å². The first-order valence-electron chi connectivity index (χ1n) is 5.51. The summed E-state index contributed by atoms with van der Waals surface area (Å²) in [5.41, 5.74) is 2.74. The second-order valence-corrected chi connectivity index (χ2v) is 5.03. The highest BCUT2D eigenvalue weighted by Gasteiger charge is 2.35. The SMILES string of the molecule is Cc1ncsc1CCN1C(=O)CCC1C(=O)O. The van der Waals surface area contributed by atoms with Crippen LogP contribution < -0.4 is 0 Å². The number of amides is 1. The Balaban J connectivity index is 2.00. The van der Waals surface area contributed by atoms with Crippen molar-refractivity contribution < 1.29 is 14.7 Å². The summed E-state index contributed by atoms with van der Waals surface area (Å²) >= 11 is 1.55. The average Bonchev–Trinajstić information content (AvgIpc) is 2.82. The lowest BCUT2D eigenvalue weighted by Gasteiger charge is -2.21. The molecule has 92 valence electrons. The molecule has 1 aliphatic rings. The number of thiazole rings is 1. The second kappa shape index (κ2) is 4.83. The van der Waals surface area contributed by atoms with Gasteiger partial charge in [-0.2, -0.15) is 0 Å². The predicted molar refractivity (Wildman–Crippen MR) is 62.9 cm³/mol. The molecule has 2 rings (SSSR count). The zero-order valence-corrected chi connectivity index (χ0v) is 10.4. The molecule has 1 aromatic heterocycles. The van der Waals surface area contributed by atoms with Gasteiger partial charge in [-0.15, -0.1) is 11.3 Å². The molecule has 0 bridgehead atoms. The highest BCUT2D eigenvalue weighted by atomic mass is 32.1. The molecule has 17 heavy (non-hydrogen) atoms. The molecule has 1 amide bonds. The van der Waals surface area contributed by atoms with Crippen LogP contribution in [0.3, 0.4) is 0 Å². The van der Waals surface area contributed by atoms with E-state index in [-0.39, 0.29) is 5.91 Å². The third-order valence-electron chi connectivity index (χ3n) is 3.04. The van der Waals surface area contributed by atoms with Gasteiger partial charge < -0.3 is 10.0 Å². The zero-order chi connectivity index (χ0) is 12.4. The number of carbonyl (C=O) groups is 2. The molecule has 0 aromatic carbocycles. The number of aryl methyl sites for hydroxylation is 1. The number of aromatic nitrogens is 1. The van der Waals surface area contributed by atoms with Crippen LogP contribution in [0.1, 0.15) is 23.4 Å². The Morgan fingerprint density at radius 1 is 1.71 bits per heavy atom. The summed E-state index contributed by atoms with van der Waals surface area (Å²) in [5.74, 6) is -0.962. The number of nitrogens with zero attached hydrogens (tertiary/aromatic N) is 2.